The molecule has 1 radical (unpaired) electrons. The first-order chi connectivity index (χ1) is 5.31. The van der Waals surface area contributed by atoms with E-state index >= 15 is 0 Å². The summed E-state index contributed by atoms with van der Waals surface area (Å²) in [6.07, 6.45) is 4.67. The van der Waals surface area contributed by atoms with Gasteiger partial charge in [0.15, 0.2) is 0 Å². The van der Waals surface area contributed by atoms with Crippen LogP contribution in [0.4, 0.5) is 0 Å². The second-order valence-electron chi connectivity index (χ2n) is 2.49. The van der Waals surface area contributed by atoms with Crippen LogP contribution in [0, 0.1) is 6.92 Å². The van der Waals surface area contributed by atoms with E-state index in [4.69, 9.17) is 4.74 Å². The zero-order valence-electron chi connectivity index (χ0n) is 7.27. The molecule has 2 nitrogen and oxygen atoms in total. The molecule has 0 aromatic carbocycles. The Balaban J connectivity index is 2.95. The standard InChI is InChI=1S/C9H17O2/c1-3-5-6-7-8-11-9(10)4-2/h1,3-8H2,2H3. The lowest BCUT2D eigenvalue weighted by molar-refractivity contribution is -0.143. The van der Waals surface area contributed by atoms with Crippen molar-refractivity contribution in [1.82, 2.24) is 0 Å². The van der Waals surface area contributed by atoms with Crippen LogP contribution >= 0.6 is 0 Å². The Labute approximate surface area is 68.9 Å². The quantitative estimate of drug-likeness (QED) is 0.437. The molecule has 2 heteroatoms. The van der Waals surface area contributed by atoms with Crippen LogP contribution in [-0.2, 0) is 9.53 Å². The molecule has 0 bridgehead atoms. The third-order valence-electron chi connectivity index (χ3n) is 1.45. The monoisotopic (exact) mass is 157 g/mol. The van der Waals surface area contributed by atoms with Crippen molar-refractivity contribution in [2.24, 2.45) is 0 Å². The summed E-state index contributed by atoms with van der Waals surface area (Å²) >= 11 is 0. The number of ether oxygens (including phenoxy) is 1. The maximum atomic E-state index is 10.6. The predicted octanol–water partition coefficient (Wildman–Crippen LogP) is 2.33. The second-order valence-corrected chi connectivity index (χ2v) is 2.49. The van der Waals surface area contributed by atoms with E-state index in [2.05, 4.69) is 6.92 Å². The van der Waals surface area contributed by atoms with Gasteiger partial charge in [0.1, 0.15) is 0 Å². The van der Waals surface area contributed by atoms with Gasteiger partial charge in [-0.05, 0) is 6.42 Å². The smallest absolute Gasteiger partial charge is 0.305 e. The Morgan fingerprint density at radius 2 is 2.09 bits per heavy atom. The minimum absolute atomic E-state index is 0.0976. The third kappa shape index (κ3) is 7.37. The van der Waals surface area contributed by atoms with Gasteiger partial charge in [-0.3, -0.25) is 4.79 Å². The molecule has 0 saturated carbocycles. The number of carbonyl (C=O) groups is 1. The highest BCUT2D eigenvalue weighted by atomic mass is 16.5. The van der Waals surface area contributed by atoms with Crippen LogP contribution in [0.2, 0.25) is 0 Å². The van der Waals surface area contributed by atoms with Gasteiger partial charge in [-0.25, -0.2) is 0 Å². The maximum Gasteiger partial charge on any atom is 0.305 e. The lowest BCUT2D eigenvalue weighted by atomic mass is 10.2. The highest BCUT2D eigenvalue weighted by Crippen LogP contribution is 1.98. The van der Waals surface area contributed by atoms with Gasteiger partial charge in [0.25, 0.3) is 0 Å². The largest absolute Gasteiger partial charge is 0.466 e. The summed E-state index contributed by atoms with van der Waals surface area (Å²) in [5.41, 5.74) is 0. The fourth-order valence-corrected chi connectivity index (χ4v) is 0.744. The van der Waals surface area contributed by atoms with Crippen LogP contribution in [0.5, 0.6) is 0 Å². The summed E-state index contributed by atoms with van der Waals surface area (Å²) in [5, 5.41) is 0. The Morgan fingerprint density at radius 3 is 2.64 bits per heavy atom. The average molecular weight is 157 g/mol. The van der Waals surface area contributed by atoms with Crippen molar-refractivity contribution in [3.8, 4) is 0 Å². The van der Waals surface area contributed by atoms with E-state index in [1.165, 1.54) is 0 Å². The number of carbonyl (C=O) groups excluding carboxylic acids is 1. The van der Waals surface area contributed by atoms with Gasteiger partial charge >= 0.3 is 5.97 Å². The molecule has 0 heterocycles. The van der Waals surface area contributed by atoms with Crippen LogP contribution in [-0.4, -0.2) is 12.6 Å². The fourth-order valence-electron chi connectivity index (χ4n) is 0.744. The molecule has 0 aliphatic carbocycles. The van der Waals surface area contributed by atoms with Gasteiger partial charge in [-0.2, -0.15) is 0 Å². The lowest BCUT2D eigenvalue weighted by Gasteiger charge is -2.01. The summed E-state index contributed by atoms with van der Waals surface area (Å²) < 4.78 is 4.88. The highest BCUT2D eigenvalue weighted by molar-refractivity contribution is 5.68. The first kappa shape index (κ1) is 10.5. The third-order valence-corrected chi connectivity index (χ3v) is 1.45. The van der Waals surface area contributed by atoms with Crippen molar-refractivity contribution in [1.29, 1.82) is 0 Å². The van der Waals surface area contributed by atoms with E-state index in [1.54, 1.807) is 6.92 Å². The van der Waals surface area contributed by atoms with E-state index in [1.807, 2.05) is 0 Å². The SMILES string of the molecule is [CH2]CCCCCOC(=O)CC. The molecular weight excluding hydrogens is 140 g/mol. The van der Waals surface area contributed by atoms with E-state index in [0.717, 1.165) is 25.7 Å². The van der Waals surface area contributed by atoms with Crippen molar-refractivity contribution in [2.75, 3.05) is 6.61 Å². The van der Waals surface area contributed by atoms with Gasteiger partial charge in [-0.1, -0.05) is 33.1 Å². The molecule has 0 aromatic rings. The number of rotatable bonds is 6. The van der Waals surface area contributed by atoms with E-state index < -0.39 is 0 Å². The topological polar surface area (TPSA) is 26.3 Å². The van der Waals surface area contributed by atoms with Gasteiger partial charge < -0.3 is 4.74 Å². The van der Waals surface area contributed by atoms with Crippen molar-refractivity contribution < 1.29 is 9.53 Å². The number of hydrogen-bond donors (Lipinski definition) is 0. The van der Waals surface area contributed by atoms with Crippen molar-refractivity contribution >= 4 is 5.97 Å². The molecule has 0 unspecified atom stereocenters. The molecule has 0 amide bonds. The predicted molar refractivity (Wildman–Crippen MR) is 45.1 cm³/mol. The van der Waals surface area contributed by atoms with Crippen molar-refractivity contribution in [2.45, 2.75) is 39.0 Å². The van der Waals surface area contributed by atoms with Crippen LogP contribution in [0.15, 0.2) is 0 Å². The molecule has 65 valence electrons. The zero-order valence-corrected chi connectivity index (χ0v) is 7.27. The summed E-state index contributed by atoms with van der Waals surface area (Å²) in [4.78, 5) is 10.6. The molecule has 0 rings (SSSR count). The Bertz CT molecular complexity index is 99.7. The number of unbranched alkanes of at least 4 members (excludes halogenated alkanes) is 3. The zero-order chi connectivity index (χ0) is 8.53. The molecule has 0 aliphatic rings. The highest BCUT2D eigenvalue weighted by Gasteiger charge is 1.95. The summed E-state index contributed by atoms with van der Waals surface area (Å²) in [6, 6.07) is 0. The van der Waals surface area contributed by atoms with E-state index in [0.29, 0.717) is 13.0 Å². The van der Waals surface area contributed by atoms with Gasteiger partial charge in [0.05, 0.1) is 6.61 Å². The molecule has 0 saturated heterocycles. The molecular formula is C9H17O2. The first-order valence-corrected chi connectivity index (χ1v) is 4.26. The fraction of sp³-hybridized carbons (Fsp3) is 0.778. The summed E-state index contributed by atoms with van der Waals surface area (Å²) in [6.45, 7) is 6.11. The second kappa shape index (κ2) is 7.58. The maximum absolute atomic E-state index is 10.6. The Hall–Kier alpha value is -0.530. The first-order valence-electron chi connectivity index (χ1n) is 4.26. The van der Waals surface area contributed by atoms with Crippen molar-refractivity contribution in [3.63, 3.8) is 0 Å². The Morgan fingerprint density at radius 1 is 1.36 bits per heavy atom. The number of esters is 1. The normalized spacial score (nSPS) is 9.64. The van der Waals surface area contributed by atoms with Crippen LogP contribution in [0.25, 0.3) is 0 Å². The van der Waals surface area contributed by atoms with Crippen LogP contribution < -0.4 is 0 Å². The lowest BCUT2D eigenvalue weighted by Crippen LogP contribution is -2.03. The Kier molecular flexibility index (Phi) is 7.21. The molecule has 0 aromatic heterocycles. The van der Waals surface area contributed by atoms with Gasteiger partial charge in [-0.15, -0.1) is 0 Å². The summed E-state index contributed by atoms with van der Waals surface area (Å²) in [5.74, 6) is -0.0976. The molecule has 0 N–H and O–H groups in total. The molecule has 11 heavy (non-hydrogen) atoms. The van der Waals surface area contributed by atoms with Crippen LogP contribution in [0.1, 0.15) is 39.0 Å². The minimum atomic E-state index is -0.0976. The molecule has 0 fully saturated rings. The van der Waals surface area contributed by atoms with Gasteiger partial charge in [0.2, 0.25) is 0 Å². The number of hydrogen-bond acceptors (Lipinski definition) is 2. The van der Waals surface area contributed by atoms with Crippen LogP contribution in [0.3, 0.4) is 0 Å². The summed E-state index contributed by atoms with van der Waals surface area (Å²) in [7, 11) is 0. The van der Waals surface area contributed by atoms with E-state index in [-0.39, 0.29) is 5.97 Å². The van der Waals surface area contributed by atoms with Gasteiger partial charge in [0, 0.05) is 6.42 Å². The molecule has 0 atom stereocenters. The minimum Gasteiger partial charge on any atom is -0.466 e. The van der Waals surface area contributed by atoms with E-state index in [9.17, 15) is 4.79 Å². The van der Waals surface area contributed by atoms with Crippen molar-refractivity contribution in [3.05, 3.63) is 6.92 Å². The molecule has 0 spiro atoms. The average Bonchev–Trinajstić information content (AvgIpc) is 2.04. The molecule has 0 aliphatic heterocycles.